The van der Waals surface area contributed by atoms with E-state index in [1.165, 1.54) is 0 Å². The van der Waals surface area contributed by atoms with Crippen molar-refractivity contribution in [2.24, 2.45) is 23.7 Å². The lowest BCUT2D eigenvalue weighted by molar-refractivity contribution is -0.147. The van der Waals surface area contributed by atoms with E-state index in [1.807, 2.05) is 30.4 Å². The zero-order valence-electron chi connectivity index (χ0n) is 10.9. The number of carboxylic acid groups (broad SMARTS) is 1. The van der Waals surface area contributed by atoms with Gasteiger partial charge in [0.15, 0.2) is 0 Å². The van der Waals surface area contributed by atoms with Crippen LogP contribution in [0.4, 0.5) is 0 Å². The maximum absolute atomic E-state index is 12.3. The molecule has 104 valence electrons. The van der Waals surface area contributed by atoms with Gasteiger partial charge in [0.1, 0.15) is 0 Å². The Kier molecular flexibility index (Phi) is 3.26. The number of aromatic nitrogens is 1. The Morgan fingerprint density at radius 1 is 1.25 bits per heavy atom. The van der Waals surface area contributed by atoms with Crippen molar-refractivity contribution in [2.45, 2.75) is 13.0 Å². The van der Waals surface area contributed by atoms with Crippen LogP contribution in [-0.4, -0.2) is 22.0 Å². The molecule has 4 atom stereocenters. The molecule has 2 N–H and O–H groups in total. The van der Waals surface area contributed by atoms with Gasteiger partial charge in [0.2, 0.25) is 5.91 Å². The highest BCUT2D eigenvalue weighted by atomic mass is 16.4. The van der Waals surface area contributed by atoms with E-state index in [1.54, 1.807) is 6.20 Å². The Hall–Kier alpha value is -2.17. The molecular formula is C15H16N2O3. The number of fused-ring (bicyclic) bond motifs is 2. The van der Waals surface area contributed by atoms with Gasteiger partial charge in [0.25, 0.3) is 0 Å². The lowest BCUT2D eigenvalue weighted by Crippen LogP contribution is -2.40. The van der Waals surface area contributed by atoms with Crippen LogP contribution >= 0.6 is 0 Å². The lowest BCUT2D eigenvalue weighted by atomic mass is 9.82. The number of nitrogens with zero attached hydrogens (tertiary/aromatic N) is 1. The summed E-state index contributed by atoms with van der Waals surface area (Å²) < 4.78 is 0. The van der Waals surface area contributed by atoms with E-state index in [2.05, 4.69) is 10.3 Å². The normalized spacial score (nSPS) is 30.4. The van der Waals surface area contributed by atoms with Gasteiger partial charge >= 0.3 is 5.97 Å². The number of allylic oxidation sites excluding steroid dienone is 2. The summed E-state index contributed by atoms with van der Waals surface area (Å²) in [6.45, 7) is 0.337. The van der Waals surface area contributed by atoms with Crippen LogP contribution in [0.3, 0.4) is 0 Å². The van der Waals surface area contributed by atoms with Crippen LogP contribution in [0.25, 0.3) is 0 Å². The van der Waals surface area contributed by atoms with Gasteiger partial charge in [-0.2, -0.15) is 0 Å². The van der Waals surface area contributed by atoms with Gasteiger partial charge in [-0.25, -0.2) is 0 Å². The highest BCUT2D eigenvalue weighted by Gasteiger charge is 2.51. The first-order valence-corrected chi connectivity index (χ1v) is 6.75. The van der Waals surface area contributed by atoms with Crippen LogP contribution in [0.5, 0.6) is 0 Å². The van der Waals surface area contributed by atoms with E-state index in [9.17, 15) is 14.7 Å². The molecule has 2 bridgehead atoms. The van der Waals surface area contributed by atoms with Gasteiger partial charge < -0.3 is 10.4 Å². The van der Waals surface area contributed by atoms with Crippen LogP contribution in [0.2, 0.25) is 0 Å². The summed E-state index contributed by atoms with van der Waals surface area (Å²) in [6, 6.07) is 5.50. The maximum Gasteiger partial charge on any atom is 0.307 e. The molecule has 0 aromatic carbocycles. The van der Waals surface area contributed by atoms with Crippen molar-refractivity contribution in [3.8, 4) is 0 Å². The maximum atomic E-state index is 12.3. The van der Waals surface area contributed by atoms with E-state index < -0.39 is 17.8 Å². The molecule has 2 aliphatic rings. The fourth-order valence-corrected chi connectivity index (χ4v) is 3.31. The minimum absolute atomic E-state index is 0.00287. The van der Waals surface area contributed by atoms with Gasteiger partial charge in [0.05, 0.1) is 24.1 Å². The molecule has 1 fully saturated rings. The number of hydrogen-bond donors (Lipinski definition) is 2. The zero-order chi connectivity index (χ0) is 14.1. The quantitative estimate of drug-likeness (QED) is 0.808. The summed E-state index contributed by atoms with van der Waals surface area (Å²) in [4.78, 5) is 27.8. The number of hydrogen-bond acceptors (Lipinski definition) is 3. The van der Waals surface area contributed by atoms with Crippen molar-refractivity contribution in [3.63, 3.8) is 0 Å². The van der Waals surface area contributed by atoms with Gasteiger partial charge in [-0.3, -0.25) is 14.6 Å². The number of carboxylic acids is 1. The molecule has 1 aromatic heterocycles. The average Bonchev–Trinajstić information content (AvgIpc) is 3.06. The minimum atomic E-state index is -0.875. The average molecular weight is 272 g/mol. The van der Waals surface area contributed by atoms with Crippen LogP contribution in [-0.2, 0) is 16.1 Å². The van der Waals surface area contributed by atoms with Crippen molar-refractivity contribution in [2.75, 3.05) is 0 Å². The Balaban J connectivity index is 1.68. The third kappa shape index (κ3) is 2.19. The number of carbonyl (C=O) groups is 2. The van der Waals surface area contributed by atoms with Crippen molar-refractivity contribution in [1.82, 2.24) is 10.3 Å². The number of rotatable bonds is 4. The molecular weight excluding hydrogens is 256 g/mol. The lowest BCUT2D eigenvalue weighted by Gasteiger charge is -2.23. The van der Waals surface area contributed by atoms with Gasteiger partial charge in [-0.15, -0.1) is 0 Å². The molecule has 1 saturated carbocycles. The van der Waals surface area contributed by atoms with E-state index >= 15 is 0 Å². The van der Waals surface area contributed by atoms with Gasteiger partial charge in [0, 0.05) is 6.20 Å². The molecule has 20 heavy (non-hydrogen) atoms. The fourth-order valence-electron chi connectivity index (χ4n) is 3.31. The Morgan fingerprint density at radius 2 is 2.00 bits per heavy atom. The standard InChI is InChI=1S/C15H16N2O3/c18-14(17-8-11-3-1-2-6-16-11)12-9-4-5-10(7-9)13(12)15(19)20/h1-6,9-10,12-13H,7-8H2,(H,17,18)(H,19,20)/t9-,10+,12+,13+/m0/s1. The zero-order valence-corrected chi connectivity index (χ0v) is 10.9. The van der Waals surface area contributed by atoms with Crippen molar-refractivity contribution < 1.29 is 14.7 Å². The molecule has 5 heteroatoms. The second-order valence-corrected chi connectivity index (χ2v) is 5.38. The highest BCUT2D eigenvalue weighted by Crippen LogP contribution is 2.48. The summed E-state index contributed by atoms with van der Waals surface area (Å²) in [5.74, 6) is -2.03. The smallest absolute Gasteiger partial charge is 0.307 e. The van der Waals surface area contributed by atoms with Crippen LogP contribution < -0.4 is 5.32 Å². The predicted octanol–water partition coefficient (Wildman–Crippen LogP) is 1.22. The number of amides is 1. The van der Waals surface area contributed by atoms with E-state index in [4.69, 9.17) is 0 Å². The van der Waals surface area contributed by atoms with E-state index in [0.29, 0.717) is 6.54 Å². The molecule has 1 aromatic rings. The summed E-state index contributed by atoms with van der Waals surface area (Å²) in [7, 11) is 0. The van der Waals surface area contributed by atoms with Crippen LogP contribution in [0.15, 0.2) is 36.5 Å². The molecule has 2 aliphatic carbocycles. The first kappa shape index (κ1) is 12.8. The predicted molar refractivity (Wildman–Crippen MR) is 71.4 cm³/mol. The second kappa shape index (κ2) is 5.07. The highest BCUT2D eigenvalue weighted by molar-refractivity contribution is 5.86. The first-order chi connectivity index (χ1) is 9.66. The molecule has 3 rings (SSSR count). The second-order valence-electron chi connectivity index (χ2n) is 5.38. The summed E-state index contributed by atoms with van der Waals surface area (Å²) >= 11 is 0. The molecule has 1 amide bonds. The molecule has 1 heterocycles. The molecule has 0 aliphatic heterocycles. The molecule has 0 saturated heterocycles. The van der Waals surface area contributed by atoms with Crippen molar-refractivity contribution >= 4 is 11.9 Å². The molecule has 0 spiro atoms. The van der Waals surface area contributed by atoms with Gasteiger partial charge in [-0.1, -0.05) is 18.2 Å². The fraction of sp³-hybridized carbons (Fsp3) is 0.400. The summed E-state index contributed by atoms with van der Waals surface area (Å²) in [6.07, 6.45) is 6.36. The Bertz CT molecular complexity index is 555. The monoisotopic (exact) mass is 272 g/mol. The number of carbonyl (C=O) groups excluding carboxylic acids is 1. The molecule has 0 radical (unpaired) electrons. The van der Waals surface area contributed by atoms with E-state index in [-0.39, 0.29) is 17.7 Å². The Labute approximate surface area is 116 Å². The van der Waals surface area contributed by atoms with Gasteiger partial charge in [-0.05, 0) is 30.4 Å². The van der Waals surface area contributed by atoms with Crippen LogP contribution in [0.1, 0.15) is 12.1 Å². The number of aliphatic carboxylic acids is 1. The van der Waals surface area contributed by atoms with Crippen molar-refractivity contribution in [3.05, 3.63) is 42.2 Å². The third-order valence-electron chi connectivity index (χ3n) is 4.22. The van der Waals surface area contributed by atoms with E-state index in [0.717, 1.165) is 12.1 Å². The first-order valence-electron chi connectivity index (χ1n) is 6.75. The Morgan fingerprint density at radius 3 is 2.65 bits per heavy atom. The molecule has 5 nitrogen and oxygen atoms in total. The summed E-state index contributed by atoms with van der Waals surface area (Å²) in [5, 5.41) is 12.1. The number of pyridine rings is 1. The molecule has 0 unspecified atom stereocenters. The SMILES string of the molecule is O=C(O)[C@H]1[C@H](C(=O)NCc2ccccn2)[C@H]2C=C[C@@H]1C2. The van der Waals surface area contributed by atoms with Crippen LogP contribution in [0, 0.1) is 23.7 Å². The topological polar surface area (TPSA) is 79.3 Å². The summed E-state index contributed by atoms with van der Waals surface area (Å²) in [5.41, 5.74) is 0.770. The third-order valence-corrected chi connectivity index (χ3v) is 4.22. The largest absolute Gasteiger partial charge is 0.481 e. The number of nitrogens with one attached hydrogen (secondary N) is 1. The van der Waals surface area contributed by atoms with Crippen molar-refractivity contribution in [1.29, 1.82) is 0 Å². The minimum Gasteiger partial charge on any atom is -0.481 e.